The number of carbonyl (C=O) groups is 1. The molecule has 102 valence electrons. The van der Waals surface area contributed by atoms with E-state index in [0.717, 1.165) is 38.8 Å². The Balaban J connectivity index is 2.36. The molecule has 1 saturated heterocycles. The molecule has 1 fully saturated rings. The highest BCUT2D eigenvalue weighted by atomic mass is 16.6. The number of carbonyl (C=O) groups excluding carboxylic acids is 1. The van der Waals surface area contributed by atoms with Crippen LogP contribution in [0.4, 0.5) is 4.79 Å². The first-order valence-electron chi connectivity index (χ1n) is 6.83. The third-order valence-corrected chi connectivity index (χ3v) is 3.52. The van der Waals surface area contributed by atoms with E-state index in [4.69, 9.17) is 4.74 Å². The molecule has 1 rings (SSSR count). The lowest BCUT2D eigenvalue weighted by Gasteiger charge is -2.36. The Kier molecular flexibility index (Phi) is 5.96. The molecule has 0 unspecified atom stereocenters. The Morgan fingerprint density at radius 3 is 2.67 bits per heavy atom. The Hall–Kier alpha value is -1.25. The molecule has 0 aliphatic carbocycles. The quantitative estimate of drug-likeness (QED) is 0.550. The van der Waals surface area contributed by atoms with Crippen molar-refractivity contribution in [2.75, 3.05) is 19.7 Å². The molecular formula is C15H25NO2. The van der Waals surface area contributed by atoms with Gasteiger partial charge in [-0.1, -0.05) is 45.1 Å². The number of ether oxygens (including phenoxy) is 1. The standard InChI is InChI=1S/C15H25NO2/c1-4-6-8-15(3)9-11-16(12-10-15)14(17)18-13-7-5-2/h4,6,8H,1,5,7,9-13H2,2-3H3. The van der Waals surface area contributed by atoms with Crippen molar-refractivity contribution in [3.8, 4) is 0 Å². The fourth-order valence-corrected chi connectivity index (χ4v) is 2.06. The van der Waals surface area contributed by atoms with Gasteiger partial charge >= 0.3 is 6.09 Å². The predicted octanol–water partition coefficient (Wildman–Crippen LogP) is 3.77. The zero-order valence-electron chi connectivity index (χ0n) is 11.7. The molecule has 0 spiro atoms. The van der Waals surface area contributed by atoms with E-state index >= 15 is 0 Å². The van der Waals surface area contributed by atoms with Crippen molar-refractivity contribution in [2.45, 2.75) is 39.5 Å². The molecule has 1 amide bonds. The maximum absolute atomic E-state index is 11.8. The summed E-state index contributed by atoms with van der Waals surface area (Å²) in [5, 5.41) is 0. The molecule has 3 heteroatoms. The molecule has 0 aromatic rings. The van der Waals surface area contributed by atoms with E-state index in [1.54, 1.807) is 6.08 Å². The molecule has 0 saturated carbocycles. The lowest BCUT2D eigenvalue weighted by atomic mass is 9.80. The van der Waals surface area contributed by atoms with E-state index in [1.807, 2.05) is 11.0 Å². The van der Waals surface area contributed by atoms with Crippen LogP contribution in [0.1, 0.15) is 39.5 Å². The van der Waals surface area contributed by atoms with Crippen molar-refractivity contribution in [3.63, 3.8) is 0 Å². The highest BCUT2D eigenvalue weighted by molar-refractivity contribution is 5.67. The molecule has 1 heterocycles. The second-order valence-electron chi connectivity index (χ2n) is 5.20. The van der Waals surface area contributed by atoms with Crippen molar-refractivity contribution < 1.29 is 9.53 Å². The van der Waals surface area contributed by atoms with E-state index in [9.17, 15) is 4.79 Å². The van der Waals surface area contributed by atoms with Gasteiger partial charge in [0, 0.05) is 13.1 Å². The second kappa shape index (κ2) is 7.24. The van der Waals surface area contributed by atoms with E-state index in [2.05, 4.69) is 26.5 Å². The van der Waals surface area contributed by atoms with Gasteiger partial charge < -0.3 is 9.64 Å². The van der Waals surface area contributed by atoms with Crippen molar-refractivity contribution in [2.24, 2.45) is 5.41 Å². The van der Waals surface area contributed by atoms with Gasteiger partial charge in [-0.3, -0.25) is 0 Å². The maximum atomic E-state index is 11.8. The maximum Gasteiger partial charge on any atom is 0.409 e. The van der Waals surface area contributed by atoms with Crippen molar-refractivity contribution in [1.29, 1.82) is 0 Å². The third kappa shape index (κ3) is 4.55. The van der Waals surface area contributed by atoms with Gasteiger partial charge in [0.1, 0.15) is 0 Å². The summed E-state index contributed by atoms with van der Waals surface area (Å²) < 4.78 is 5.22. The lowest BCUT2D eigenvalue weighted by Crippen LogP contribution is -2.41. The summed E-state index contributed by atoms with van der Waals surface area (Å²) >= 11 is 0. The van der Waals surface area contributed by atoms with Gasteiger partial charge in [0.2, 0.25) is 0 Å². The largest absolute Gasteiger partial charge is 0.449 e. The first kappa shape index (κ1) is 14.8. The van der Waals surface area contributed by atoms with Gasteiger partial charge in [-0.15, -0.1) is 0 Å². The molecule has 0 aromatic carbocycles. The van der Waals surface area contributed by atoms with Gasteiger partial charge in [0.05, 0.1) is 6.61 Å². The van der Waals surface area contributed by atoms with Crippen molar-refractivity contribution in [1.82, 2.24) is 4.90 Å². The smallest absolute Gasteiger partial charge is 0.409 e. The molecule has 3 nitrogen and oxygen atoms in total. The molecule has 0 aromatic heterocycles. The summed E-state index contributed by atoms with van der Waals surface area (Å²) in [5.41, 5.74) is 0.189. The van der Waals surface area contributed by atoms with Crippen LogP contribution in [0, 0.1) is 5.41 Å². The van der Waals surface area contributed by atoms with Crippen LogP contribution in [0.3, 0.4) is 0 Å². The van der Waals surface area contributed by atoms with Crippen LogP contribution in [0.15, 0.2) is 24.8 Å². The zero-order chi connectivity index (χ0) is 13.4. The van der Waals surface area contributed by atoms with Gasteiger partial charge in [-0.05, 0) is 24.7 Å². The fraction of sp³-hybridized carbons (Fsp3) is 0.667. The van der Waals surface area contributed by atoms with Crippen LogP contribution in [-0.4, -0.2) is 30.7 Å². The van der Waals surface area contributed by atoms with E-state index in [0.29, 0.717) is 6.61 Å². The lowest BCUT2D eigenvalue weighted by molar-refractivity contribution is 0.0795. The average molecular weight is 251 g/mol. The molecule has 1 aliphatic rings. The Bertz CT molecular complexity index is 302. The Morgan fingerprint density at radius 2 is 2.11 bits per heavy atom. The number of hydrogen-bond acceptors (Lipinski definition) is 2. The summed E-state index contributed by atoms with van der Waals surface area (Å²) in [5.74, 6) is 0. The van der Waals surface area contributed by atoms with E-state index in [1.165, 1.54) is 0 Å². The first-order chi connectivity index (χ1) is 8.61. The molecular weight excluding hydrogens is 226 g/mol. The number of unbranched alkanes of at least 4 members (excludes halogenated alkanes) is 1. The highest BCUT2D eigenvalue weighted by Crippen LogP contribution is 2.32. The molecule has 0 radical (unpaired) electrons. The summed E-state index contributed by atoms with van der Waals surface area (Å²) in [6.07, 6.45) is 9.81. The normalized spacial score (nSPS) is 18.9. The first-order valence-corrected chi connectivity index (χ1v) is 6.83. The number of piperidine rings is 1. The van der Waals surface area contributed by atoms with Gasteiger partial charge in [0.25, 0.3) is 0 Å². The van der Waals surface area contributed by atoms with Crippen LogP contribution in [0.2, 0.25) is 0 Å². The van der Waals surface area contributed by atoms with Crippen LogP contribution < -0.4 is 0 Å². The van der Waals surface area contributed by atoms with Crippen molar-refractivity contribution in [3.05, 3.63) is 24.8 Å². The van der Waals surface area contributed by atoms with Crippen LogP contribution in [-0.2, 0) is 4.74 Å². The number of rotatable bonds is 5. The minimum atomic E-state index is -0.154. The molecule has 0 N–H and O–H groups in total. The minimum absolute atomic E-state index is 0.154. The monoisotopic (exact) mass is 251 g/mol. The number of amides is 1. The number of nitrogens with zero attached hydrogens (tertiary/aromatic N) is 1. The summed E-state index contributed by atoms with van der Waals surface area (Å²) in [6.45, 7) is 10.1. The average Bonchev–Trinajstić information content (AvgIpc) is 2.37. The van der Waals surface area contributed by atoms with E-state index in [-0.39, 0.29) is 11.5 Å². The molecule has 0 atom stereocenters. The van der Waals surface area contributed by atoms with Gasteiger partial charge in [0.15, 0.2) is 0 Å². The Morgan fingerprint density at radius 1 is 1.44 bits per heavy atom. The summed E-state index contributed by atoms with van der Waals surface area (Å²) in [7, 11) is 0. The predicted molar refractivity (Wildman–Crippen MR) is 74.5 cm³/mol. The number of hydrogen-bond donors (Lipinski definition) is 0. The summed E-state index contributed by atoms with van der Waals surface area (Å²) in [4.78, 5) is 13.6. The summed E-state index contributed by atoms with van der Waals surface area (Å²) in [6, 6.07) is 0. The second-order valence-corrected chi connectivity index (χ2v) is 5.20. The van der Waals surface area contributed by atoms with Gasteiger partial charge in [-0.25, -0.2) is 4.79 Å². The zero-order valence-corrected chi connectivity index (χ0v) is 11.7. The Labute approximate surface area is 110 Å². The highest BCUT2D eigenvalue weighted by Gasteiger charge is 2.30. The van der Waals surface area contributed by atoms with Gasteiger partial charge in [-0.2, -0.15) is 0 Å². The third-order valence-electron chi connectivity index (χ3n) is 3.52. The molecule has 0 bridgehead atoms. The molecule has 1 aliphatic heterocycles. The van der Waals surface area contributed by atoms with Crippen molar-refractivity contribution >= 4 is 6.09 Å². The van der Waals surface area contributed by atoms with Crippen LogP contribution in [0.25, 0.3) is 0 Å². The minimum Gasteiger partial charge on any atom is -0.449 e. The SMILES string of the molecule is C=CC=CC1(C)CCN(C(=O)OCCCC)CC1. The fourth-order valence-electron chi connectivity index (χ4n) is 2.06. The van der Waals surface area contributed by atoms with Crippen LogP contribution in [0.5, 0.6) is 0 Å². The van der Waals surface area contributed by atoms with E-state index < -0.39 is 0 Å². The number of likely N-dealkylation sites (tertiary alicyclic amines) is 1. The number of allylic oxidation sites excluding steroid dienone is 3. The van der Waals surface area contributed by atoms with Crippen LogP contribution >= 0.6 is 0 Å². The topological polar surface area (TPSA) is 29.5 Å². The molecule has 18 heavy (non-hydrogen) atoms.